The first-order valence-electron chi connectivity index (χ1n) is 11.4. The van der Waals surface area contributed by atoms with Gasteiger partial charge in [-0.2, -0.15) is 69.5 Å². The fourth-order valence-electron chi connectivity index (χ4n) is 3.85. The predicted molar refractivity (Wildman–Crippen MR) is 133 cm³/mol. The second kappa shape index (κ2) is 12.0. The summed E-state index contributed by atoms with van der Waals surface area (Å²) in [5.41, 5.74) is -17.7. The van der Waals surface area contributed by atoms with Gasteiger partial charge in [0, 0.05) is 21.2 Å². The molecule has 0 aromatic heterocycles. The van der Waals surface area contributed by atoms with E-state index in [0.29, 0.717) is 48.5 Å². The second-order valence-electron chi connectivity index (χ2n) is 8.92. The van der Waals surface area contributed by atoms with E-state index < -0.39 is 83.1 Å². The summed E-state index contributed by atoms with van der Waals surface area (Å²) in [6, 6.07) is 2.43. The quantitative estimate of drug-likeness (QED) is 0.169. The summed E-state index contributed by atoms with van der Waals surface area (Å²) in [5.74, 6) is 0. The molecule has 3 rings (SSSR count). The highest BCUT2D eigenvalue weighted by Crippen LogP contribution is 2.58. The molecular weight excluding hydrogens is 747 g/mol. The normalized spacial score (nSPS) is 14.4. The van der Waals surface area contributed by atoms with Crippen LogP contribution >= 0.6 is 23.2 Å². The van der Waals surface area contributed by atoms with E-state index >= 15 is 0 Å². The Bertz CT molecular complexity index is 1630. The lowest BCUT2D eigenvalue weighted by atomic mass is 9.85. The van der Waals surface area contributed by atoms with E-state index in [0.717, 1.165) is 0 Å². The molecule has 0 aliphatic carbocycles. The van der Waals surface area contributed by atoms with Crippen LogP contribution in [0, 0.1) is 0 Å². The summed E-state index contributed by atoms with van der Waals surface area (Å²) < 4.78 is 230. The molecule has 3 aromatic carbocycles. The Morgan fingerprint density at radius 3 is 0.957 bits per heavy atom. The monoisotopic (exact) mass is 758 g/mol. The molecule has 0 spiro atoms. The van der Waals surface area contributed by atoms with Gasteiger partial charge in [-0.3, -0.25) is 0 Å². The largest absolute Gasteiger partial charge is 0.432 e. The Hall–Kier alpha value is -2.78. The van der Waals surface area contributed by atoms with Crippen LogP contribution in [0.1, 0.15) is 11.1 Å². The highest BCUT2D eigenvalue weighted by molar-refractivity contribution is 7.87. The van der Waals surface area contributed by atoms with Crippen molar-refractivity contribution >= 4 is 43.4 Å². The zero-order chi connectivity index (χ0) is 35.4. The molecule has 0 aliphatic heterocycles. The van der Waals surface area contributed by atoms with Gasteiger partial charge < -0.3 is 0 Å². The summed E-state index contributed by atoms with van der Waals surface area (Å²) in [5, 5.41) is -0.512. The molecule has 0 atom stereocenters. The molecule has 0 unspecified atom stereocenters. The van der Waals surface area contributed by atoms with Crippen molar-refractivity contribution < 1.29 is 77.9 Å². The average Bonchev–Trinajstić information content (AvgIpc) is 2.88. The van der Waals surface area contributed by atoms with Gasteiger partial charge in [0.1, 0.15) is 0 Å². The van der Waals surface area contributed by atoms with Crippen LogP contribution in [0.3, 0.4) is 0 Å². The maximum Gasteiger partial charge on any atom is 0.432 e. The predicted octanol–water partition coefficient (Wildman–Crippen LogP) is 8.44. The third-order valence-electron chi connectivity index (χ3n) is 5.95. The first-order valence-corrected chi connectivity index (χ1v) is 15.0. The van der Waals surface area contributed by atoms with E-state index in [1.54, 1.807) is 0 Å². The van der Waals surface area contributed by atoms with Crippen LogP contribution < -0.4 is 0 Å². The van der Waals surface area contributed by atoms with Crippen LogP contribution in [0.2, 0.25) is 10.0 Å². The Kier molecular flexibility index (Phi) is 9.85. The summed E-state index contributed by atoms with van der Waals surface area (Å²) in [6.07, 6.45) is -27.9. The van der Waals surface area contributed by atoms with Gasteiger partial charge in [0.25, 0.3) is 20.2 Å². The van der Waals surface area contributed by atoms with Crippen LogP contribution in [0.15, 0.2) is 82.6 Å². The van der Waals surface area contributed by atoms with Crippen LogP contribution in [0.25, 0.3) is 0 Å². The van der Waals surface area contributed by atoms with Gasteiger partial charge in [0.15, 0.2) is 0 Å². The maximum atomic E-state index is 14.4. The summed E-state index contributed by atoms with van der Waals surface area (Å²) in [6.45, 7) is 0. The van der Waals surface area contributed by atoms with Crippen molar-refractivity contribution in [2.75, 3.05) is 0 Å². The minimum atomic E-state index is -6.97. The average molecular weight is 759 g/mol. The molecule has 0 radical (unpaired) electrons. The Labute approximate surface area is 260 Å². The van der Waals surface area contributed by atoms with Crippen molar-refractivity contribution in [3.05, 3.63) is 94.0 Å². The third-order valence-corrected chi connectivity index (χ3v) is 9.09. The molecule has 3 aromatic rings. The van der Waals surface area contributed by atoms with Crippen LogP contribution in [-0.4, -0.2) is 41.5 Å². The van der Waals surface area contributed by atoms with Gasteiger partial charge in [-0.25, -0.2) is 8.37 Å². The van der Waals surface area contributed by atoms with Gasteiger partial charge in [-0.1, -0.05) is 41.4 Å². The van der Waals surface area contributed by atoms with Crippen molar-refractivity contribution in [1.82, 2.24) is 0 Å². The van der Waals surface area contributed by atoms with Crippen molar-refractivity contribution in [2.24, 2.45) is 0 Å². The van der Waals surface area contributed by atoms with Gasteiger partial charge >= 0.3 is 35.9 Å². The highest BCUT2D eigenvalue weighted by Gasteiger charge is 2.78. The van der Waals surface area contributed by atoms with Gasteiger partial charge in [0.2, 0.25) is 0 Å². The Morgan fingerprint density at radius 1 is 0.457 bits per heavy atom. The number of hydrogen-bond acceptors (Lipinski definition) is 6. The zero-order valence-electron chi connectivity index (χ0n) is 21.5. The minimum absolute atomic E-state index is 0.195. The van der Waals surface area contributed by atoms with Crippen molar-refractivity contribution in [2.45, 2.75) is 45.7 Å². The number of rotatable bonds is 8. The zero-order valence-corrected chi connectivity index (χ0v) is 24.6. The van der Waals surface area contributed by atoms with Crippen LogP contribution in [-0.2, 0) is 39.8 Å². The molecule has 0 heterocycles. The molecule has 0 aliphatic rings. The van der Waals surface area contributed by atoms with Crippen LogP contribution in [0.4, 0.5) is 52.7 Å². The fraction of sp³-hybridized carbons (Fsp3) is 0.250. The van der Waals surface area contributed by atoms with Gasteiger partial charge in [-0.15, -0.1) is 0 Å². The molecule has 0 saturated carbocycles. The first kappa shape index (κ1) is 37.7. The highest BCUT2D eigenvalue weighted by atomic mass is 35.5. The number of alkyl halides is 12. The van der Waals surface area contributed by atoms with E-state index in [2.05, 4.69) is 8.37 Å². The molecule has 0 bridgehead atoms. The lowest BCUT2D eigenvalue weighted by Gasteiger charge is -2.39. The topological polar surface area (TPSA) is 86.7 Å². The van der Waals surface area contributed by atoms with Crippen LogP contribution in [0.5, 0.6) is 0 Å². The number of benzene rings is 3. The third kappa shape index (κ3) is 6.77. The van der Waals surface area contributed by atoms with Crippen molar-refractivity contribution in [3.8, 4) is 0 Å². The maximum absolute atomic E-state index is 14.4. The molecule has 22 heteroatoms. The fourth-order valence-corrected chi connectivity index (χ4v) is 6.46. The summed E-state index contributed by atoms with van der Waals surface area (Å²) in [4.78, 5) is -2.77. The minimum Gasteiger partial charge on any atom is -0.235 e. The van der Waals surface area contributed by atoms with E-state index in [4.69, 9.17) is 23.2 Å². The van der Waals surface area contributed by atoms with E-state index in [1.807, 2.05) is 0 Å². The SMILES string of the molecule is O=S(=O)(OC(c1cccc(C(OS(=O)(=O)c2ccc(Cl)cc2)(C(F)(F)F)C(F)(F)F)c1)(C(F)(F)F)C(F)(F)F)c1ccc(Cl)cc1. The summed E-state index contributed by atoms with van der Waals surface area (Å²) >= 11 is 11.0. The molecule has 0 N–H and O–H groups in total. The molecular formula is C24H12Cl2F12O6S2. The molecule has 46 heavy (non-hydrogen) atoms. The van der Waals surface area contributed by atoms with Crippen molar-refractivity contribution in [3.63, 3.8) is 0 Å². The number of halogens is 14. The Morgan fingerprint density at radius 2 is 0.717 bits per heavy atom. The van der Waals surface area contributed by atoms with Gasteiger partial charge in [-0.05, 0) is 54.6 Å². The standard InChI is InChI=1S/C24H12Cl2F12O6S2/c25-15-4-8-17(9-5-15)45(39,40)43-19(21(27,28)29,22(30,31)32)13-2-1-3-14(12-13)20(23(33,34)35,24(36,37)38)44-46(41,42)18-10-6-16(26)7-11-18/h1-12H. The van der Waals surface area contributed by atoms with Crippen molar-refractivity contribution in [1.29, 1.82) is 0 Å². The molecule has 0 saturated heterocycles. The lowest BCUT2D eigenvalue weighted by Crippen LogP contribution is -2.58. The van der Waals surface area contributed by atoms with E-state index in [1.165, 1.54) is 0 Å². The van der Waals surface area contributed by atoms with E-state index in [-0.39, 0.29) is 28.2 Å². The molecule has 0 fully saturated rings. The Balaban J connectivity index is 2.42. The molecule has 0 amide bonds. The van der Waals surface area contributed by atoms with Gasteiger partial charge in [0.05, 0.1) is 9.79 Å². The molecule has 6 nitrogen and oxygen atoms in total. The first-order chi connectivity index (χ1) is 20.6. The summed E-state index contributed by atoms with van der Waals surface area (Å²) in [7, 11) is -12.4. The lowest BCUT2D eigenvalue weighted by molar-refractivity contribution is -0.366. The number of hydrogen-bond donors (Lipinski definition) is 0. The molecule has 254 valence electrons. The second-order valence-corrected chi connectivity index (χ2v) is 12.9. The smallest absolute Gasteiger partial charge is 0.235 e. The van der Waals surface area contributed by atoms with E-state index in [9.17, 15) is 69.5 Å².